The number of hydrogen-bond acceptors (Lipinski definition) is 6. The van der Waals surface area contributed by atoms with Crippen LogP contribution in [0.1, 0.15) is 0 Å². The van der Waals surface area contributed by atoms with Crippen LogP contribution >= 0.6 is 0 Å². The molecular formula is C4H8O10S. The summed E-state index contributed by atoms with van der Waals surface area (Å²) >= 11 is 0. The molecule has 2 atom stereocenters. The fourth-order valence-corrected chi connectivity index (χ4v) is 0.270. The van der Waals surface area contributed by atoms with Crippen LogP contribution in [0, 0.1) is 0 Å². The molecule has 0 spiro atoms. The van der Waals surface area contributed by atoms with Crippen LogP contribution in [0.25, 0.3) is 0 Å². The fraction of sp³-hybridized carbons (Fsp3) is 0.500. The van der Waals surface area contributed by atoms with Crippen LogP contribution in [0.2, 0.25) is 0 Å². The Kier molecular flexibility index (Phi) is 6.75. The van der Waals surface area contributed by atoms with Crippen molar-refractivity contribution in [2.45, 2.75) is 12.2 Å². The highest BCUT2D eigenvalue weighted by molar-refractivity contribution is 7.79. The van der Waals surface area contributed by atoms with Crippen molar-refractivity contribution >= 4 is 22.3 Å². The van der Waals surface area contributed by atoms with E-state index in [1.165, 1.54) is 0 Å². The van der Waals surface area contributed by atoms with Gasteiger partial charge in [0, 0.05) is 0 Å². The molecule has 10 nitrogen and oxygen atoms in total. The van der Waals surface area contributed by atoms with Crippen LogP contribution in [0.3, 0.4) is 0 Å². The number of carboxylic acid groups (broad SMARTS) is 2. The molecule has 0 amide bonds. The van der Waals surface area contributed by atoms with Gasteiger partial charge in [-0.3, -0.25) is 9.11 Å². The Balaban J connectivity index is 0. The molecule has 15 heavy (non-hydrogen) atoms. The molecule has 0 unspecified atom stereocenters. The monoisotopic (exact) mass is 248 g/mol. The van der Waals surface area contributed by atoms with E-state index in [9.17, 15) is 9.59 Å². The quantitative estimate of drug-likeness (QED) is 0.285. The maximum atomic E-state index is 9.77. The van der Waals surface area contributed by atoms with Gasteiger partial charge < -0.3 is 20.4 Å². The van der Waals surface area contributed by atoms with Gasteiger partial charge in [0.15, 0.2) is 12.2 Å². The van der Waals surface area contributed by atoms with Crippen LogP contribution in [-0.4, -0.2) is 62.1 Å². The average molecular weight is 248 g/mol. The largest absolute Gasteiger partial charge is 0.479 e. The van der Waals surface area contributed by atoms with Crippen molar-refractivity contribution in [3.63, 3.8) is 0 Å². The third kappa shape index (κ3) is 12.7. The number of rotatable bonds is 3. The van der Waals surface area contributed by atoms with Gasteiger partial charge in [0.25, 0.3) is 0 Å². The van der Waals surface area contributed by atoms with Gasteiger partial charge >= 0.3 is 22.3 Å². The highest BCUT2D eigenvalue weighted by Crippen LogP contribution is 1.92. The van der Waals surface area contributed by atoms with Gasteiger partial charge in [0.05, 0.1) is 0 Å². The van der Waals surface area contributed by atoms with Gasteiger partial charge in [-0.05, 0) is 0 Å². The van der Waals surface area contributed by atoms with Gasteiger partial charge in [-0.1, -0.05) is 0 Å². The van der Waals surface area contributed by atoms with Crippen LogP contribution in [0.15, 0.2) is 0 Å². The molecule has 0 saturated carbocycles. The molecule has 90 valence electrons. The number of hydrogen-bond donors (Lipinski definition) is 6. The Morgan fingerprint density at radius 2 is 1.00 bits per heavy atom. The van der Waals surface area contributed by atoms with Crippen LogP contribution < -0.4 is 0 Å². The summed E-state index contributed by atoms with van der Waals surface area (Å²) in [6, 6.07) is 0. The molecule has 0 aliphatic rings. The molecule has 0 saturated heterocycles. The average Bonchev–Trinajstić information content (AvgIpc) is 1.98. The first-order valence-electron chi connectivity index (χ1n) is 2.98. The minimum Gasteiger partial charge on any atom is -0.479 e. The highest BCUT2D eigenvalue weighted by Gasteiger charge is 2.29. The third-order valence-corrected chi connectivity index (χ3v) is 0.805. The minimum atomic E-state index is -4.67. The van der Waals surface area contributed by atoms with E-state index >= 15 is 0 Å². The summed E-state index contributed by atoms with van der Waals surface area (Å²) in [5, 5.41) is 32.5. The predicted molar refractivity (Wildman–Crippen MR) is 41.5 cm³/mol. The Bertz CT molecular complexity index is 290. The Morgan fingerprint density at radius 3 is 1.07 bits per heavy atom. The molecule has 11 heteroatoms. The van der Waals surface area contributed by atoms with E-state index in [1.54, 1.807) is 0 Å². The van der Waals surface area contributed by atoms with Crippen LogP contribution in [-0.2, 0) is 20.0 Å². The van der Waals surface area contributed by atoms with Crippen molar-refractivity contribution in [2.24, 2.45) is 0 Å². The van der Waals surface area contributed by atoms with Crippen LogP contribution in [0.4, 0.5) is 0 Å². The minimum absolute atomic E-state index is 1.77. The molecular weight excluding hydrogens is 240 g/mol. The lowest BCUT2D eigenvalue weighted by atomic mass is 10.2. The summed E-state index contributed by atoms with van der Waals surface area (Å²) in [7, 11) is -4.67. The SMILES string of the molecule is O=C(O)[C@H](O)[C@@H](O)C(=O)O.O=S(=O)(O)O. The Hall–Kier alpha value is -1.27. The molecule has 0 bridgehead atoms. The highest BCUT2D eigenvalue weighted by atomic mass is 32.3. The zero-order chi connectivity index (χ0) is 12.8. The number of aliphatic carboxylic acids is 2. The molecule has 0 rings (SSSR count). The van der Waals surface area contributed by atoms with E-state index in [2.05, 4.69) is 0 Å². The van der Waals surface area contributed by atoms with Crippen molar-refractivity contribution in [3.05, 3.63) is 0 Å². The second-order valence-corrected chi connectivity index (χ2v) is 2.91. The molecule has 0 aliphatic heterocycles. The lowest BCUT2D eigenvalue weighted by Crippen LogP contribution is -2.39. The van der Waals surface area contributed by atoms with E-state index in [0.717, 1.165) is 0 Å². The van der Waals surface area contributed by atoms with E-state index in [0.29, 0.717) is 0 Å². The van der Waals surface area contributed by atoms with Gasteiger partial charge in [0.2, 0.25) is 0 Å². The van der Waals surface area contributed by atoms with Crippen molar-refractivity contribution in [1.82, 2.24) is 0 Å². The van der Waals surface area contributed by atoms with Crippen molar-refractivity contribution in [2.75, 3.05) is 0 Å². The van der Waals surface area contributed by atoms with Gasteiger partial charge in [0.1, 0.15) is 0 Å². The zero-order valence-corrected chi connectivity index (χ0v) is 7.70. The van der Waals surface area contributed by atoms with Crippen molar-refractivity contribution < 1.29 is 47.5 Å². The van der Waals surface area contributed by atoms with Gasteiger partial charge in [-0.25, -0.2) is 9.59 Å². The molecule has 0 radical (unpaired) electrons. The molecule has 0 aromatic heterocycles. The molecule has 0 aromatic rings. The normalized spacial score (nSPS) is 14.4. The second kappa shape index (κ2) is 6.26. The number of carboxylic acids is 2. The van der Waals surface area contributed by atoms with E-state index in [4.69, 9.17) is 37.9 Å². The summed E-state index contributed by atoms with van der Waals surface area (Å²) in [6.07, 6.45) is -4.53. The zero-order valence-electron chi connectivity index (χ0n) is 6.88. The smallest absolute Gasteiger partial charge is 0.394 e. The molecule has 6 N–H and O–H groups in total. The van der Waals surface area contributed by atoms with E-state index in [-0.39, 0.29) is 0 Å². The molecule has 0 aliphatic carbocycles. The third-order valence-electron chi connectivity index (χ3n) is 0.805. The second-order valence-electron chi connectivity index (χ2n) is 2.01. The Labute approximate surface area is 83.0 Å². The summed E-state index contributed by atoms with van der Waals surface area (Å²) in [5.74, 6) is -3.54. The summed E-state index contributed by atoms with van der Waals surface area (Å²) in [5.41, 5.74) is 0. The van der Waals surface area contributed by atoms with Crippen LogP contribution in [0.5, 0.6) is 0 Å². The van der Waals surface area contributed by atoms with E-state index < -0.39 is 34.5 Å². The predicted octanol–water partition coefficient (Wildman–Crippen LogP) is -2.78. The fourth-order valence-electron chi connectivity index (χ4n) is 0.270. The summed E-state index contributed by atoms with van der Waals surface area (Å²) in [6.45, 7) is 0. The van der Waals surface area contributed by atoms with E-state index in [1.807, 2.05) is 0 Å². The number of carbonyl (C=O) groups is 2. The maximum absolute atomic E-state index is 9.77. The first-order chi connectivity index (χ1) is 6.46. The van der Waals surface area contributed by atoms with Crippen molar-refractivity contribution in [3.8, 4) is 0 Å². The molecule has 0 aromatic carbocycles. The molecule has 0 heterocycles. The summed E-state index contributed by atoms with van der Waals surface area (Å²) < 4.78 is 31.6. The molecule has 0 fully saturated rings. The topological polar surface area (TPSA) is 190 Å². The lowest BCUT2D eigenvalue weighted by Gasteiger charge is -2.07. The first-order valence-corrected chi connectivity index (χ1v) is 4.38. The first kappa shape index (κ1) is 16.2. The van der Waals surface area contributed by atoms with Gasteiger partial charge in [-0.15, -0.1) is 0 Å². The number of aliphatic hydroxyl groups is 2. The number of aliphatic hydroxyl groups excluding tert-OH is 2. The van der Waals surface area contributed by atoms with Crippen molar-refractivity contribution in [1.29, 1.82) is 0 Å². The van der Waals surface area contributed by atoms with Gasteiger partial charge in [-0.2, -0.15) is 8.42 Å². The lowest BCUT2D eigenvalue weighted by molar-refractivity contribution is -0.165. The summed E-state index contributed by atoms with van der Waals surface area (Å²) in [4.78, 5) is 19.5. The standard InChI is InChI=1S/C4H6O6.H2O4S/c5-1(3(7)8)2(6)4(9)10;1-5(2,3)4/h1-2,5-6H,(H,7,8)(H,9,10);(H2,1,2,3,4)/t1-,2-;/m1./s1. The maximum Gasteiger partial charge on any atom is 0.394 e. The Morgan fingerprint density at radius 1 is 0.867 bits per heavy atom.